The van der Waals surface area contributed by atoms with E-state index in [0.717, 1.165) is 38.5 Å². The molecule has 0 aromatic rings. The molecule has 10 heteroatoms. The van der Waals surface area contributed by atoms with Crippen LogP contribution in [0.5, 0.6) is 0 Å². The van der Waals surface area contributed by atoms with Crippen LogP contribution in [-0.4, -0.2) is 94.5 Å². The second-order valence-corrected chi connectivity index (χ2v) is 9.36. The highest BCUT2D eigenvalue weighted by molar-refractivity contribution is 5.90. The van der Waals surface area contributed by atoms with E-state index in [4.69, 9.17) is 15.2 Å². The Kier molecular flexibility index (Phi) is 11.5. The molecular formula is C23H43N3O7. The summed E-state index contributed by atoms with van der Waals surface area (Å²) in [4.78, 5) is 26.9. The van der Waals surface area contributed by atoms with Gasteiger partial charge in [-0.25, -0.2) is 0 Å². The number of hydrogen-bond acceptors (Lipinski definition) is 8. The molecule has 2 rings (SSSR count). The first kappa shape index (κ1) is 27.9. The van der Waals surface area contributed by atoms with Crippen molar-refractivity contribution in [1.29, 1.82) is 0 Å². The van der Waals surface area contributed by atoms with Crippen molar-refractivity contribution in [3.8, 4) is 0 Å². The first-order valence-corrected chi connectivity index (χ1v) is 12.3. The van der Waals surface area contributed by atoms with Gasteiger partial charge in [-0.15, -0.1) is 0 Å². The summed E-state index contributed by atoms with van der Waals surface area (Å²) in [6.07, 6.45) is 0.327. The summed E-state index contributed by atoms with van der Waals surface area (Å²) in [6.45, 7) is 7.06. The lowest BCUT2D eigenvalue weighted by atomic mass is 9.98. The Bertz CT molecular complexity index is 623. The number of nitrogens with one attached hydrogen (secondary N) is 1. The molecular weight excluding hydrogens is 430 g/mol. The molecule has 33 heavy (non-hydrogen) atoms. The fourth-order valence-electron chi connectivity index (χ4n) is 4.25. The third-order valence-electron chi connectivity index (χ3n) is 6.84. The van der Waals surface area contributed by atoms with Gasteiger partial charge in [-0.2, -0.15) is 0 Å². The zero-order chi connectivity index (χ0) is 24.5. The van der Waals surface area contributed by atoms with E-state index in [9.17, 15) is 24.9 Å². The lowest BCUT2D eigenvalue weighted by molar-refractivity contribution is -0.293. The smallest absolute Gasteiger partial charge is 0.242 e. The molecule has 0 spiro atoms. The molecule has 10 nitrogen and oxygen atoms in total. The molecule has 0 aromatic carbocycles. The van der Waals surface area contributed by atoms with E-state index in [2.05, 4.69) is 5.32 Å². The maximum Gasteiger partial charge on any atom is 0.242 e. The lowest BCUT2D eigenvalue weighted by Crippen LogP contribution is -2.57. The number of carbonyl (C=O) groups is 2. The zero-order valence-electron chi connectivity index (χ0n) is 20.2. The van der Waals surface area contributed by atoms with Crippen LogP contribution < -0.4 is 11.1 Å². The summed E-state index contributed by atoms with van der Waals surface area (Å²) < 4.78 is 10.9. The number of ether oxygens (including phenoxy) is 2. The van der Waals surface area contributed by atoms with Gasteiger partial charge in [-0.3, -0.25) is 9.59 Å². The number of aliphatic hydroxyl groups excluding tert-OH is 3. The number of nitrogens with two attached hydrogens (primary N) is 1. The van der Waals surface area contributed by atoms with Crippen molar-refractivity contribution in [3.05, 3.63) is 0 Å². The summed E-state index contributed by atoms with van der Waals surface area (Å²) >= 11 is 0. The fourth-order valence-corrected chi connectivity index (χ4v) is 4.25. The standard InChI is InChI=1S/C23H43N3O7/c1-4-14(2)17(24)22(31)26-12-9-10-16(26)21(30)25-11-7-5-6-8-13-32-23-20(29)19(28)18(27)15(3)33-23/h14-20,23,27-29H,4-13,24H2,1-3H3,(H,25,30)/t14-,15-,16-,17-,18+,19+,20-,23-/m0/s1. The van der Waals surface area contributed by atoms with Crippen LogP contribution in [0, 0.1) is 5.92 Å². The minimum absolute atomic E-state index is 0.0822. The van der Waals surface area contributed by atoms with Gasteiger partial charge in [0, 0.05) is 19.7 Å². The topological polar surface area (TPSA) is 155 Å². The Morgan fingerprint density at radius 1 is 1.15 bits per heavy atom. The molecule has 2 saturated heterocycles. The summed E-state index contributed by atoms with van der Waals surface area (Å²) in [5.74, 6) is -0.164. The Labute approximate surface area is 196 Å². The van der Waals surface area contributed by atoms with Crippen molar-refractivity contribution < 1.29 is 34.4 Å². The van der Waals surface area contributed by atoms with Crippen molar-refractivity contribution >= 4 is 11.8 Å². The van der Waals surface area contributed by atoms with E-state index in [0.29, 0.717) is 26.1 Å². The van der Waals surface area contributed by atoms with E-state index in [-0.39, 0.29) is 17.7 Å². The van der Waals surface area contributed by atoms with Crippen LogP contribution in [0.1, 0.15) is 65.7 Å². The molecule has 192 valence electrons. The molecule has 2 fully saturated rings. The van der Waals surface area contributed by atoms with Gasteiger partial charge in [0.2, 0.25) is 11.8 Å². The molecule has 2 aliphatic heterocycles. The van der Waals surface area contributed by atoms with Crippen molar-refractivity contribution in [2.75, 3.05) is 19.7 Å². The van der Waals surface area contributed by atoms with Crippen molar-refractivity contribution in [3.63, 3.8) is 0 Å². The molecule has 0 bridgehead atoms. The van der Waals surface area contributed by atoms with Crippen LogP contribution in [0.3, 0.4) is 0 Å². The number of likely N-dealkylation sites (tertiary alicyclic amines) is 1. The van der Waals surface area contributed by atoms with E-state index in [1.54, 1.807) is 11.8 Å². The van der Waals surface area contributed by atoms with Crippen molar-refractivity contribution in [1.82, 2.24) is 10.2 Å². The number of nitrogens with zero attached hydrogens (tertiary/aromatic N) is 1. The highest BCUT2D eigenvalue weighted by atomic mass is 16.7. The Morgan fingerprint density at radius 2 is 1.85 bits per heavy atom. The van der Waals surface area contributed by atoms with Gasteiger partial charge >= 0.3 is 0 Å². The second kappa shape index (κ2) is 13.6. The molecule has 0 radical (unpaired) electrons. The van der Waals surface area contributed by atoms with Crippen LogP contribution in [-0.2, 0) is 19.1 Å². The highest BCUT2D eigenvalue weighted by Crippen LogP contribution is 2.22. The number of hydrogen-bond donors (Lipinski definition) is 5. The first-order chi connectivity index (χ1) is 15.7. The molecule has 0 unspecified atom stereocenters. The van der Waals surface area contributed by atoms with Crippen LogP contribution in [0.4, 0.5) is 0 Å². The molecule has 0 saturated carbocycles. The van der Waals surface area contributed by atoms with Gasteiger partial charge in [0.1, 0.15) is 24.4 Å². The van der Waals surface area contributed by atoms with Gasteiger partial charge < -0.3 is 40.7 Å². The quantitative estimate of drug-likeness (QED) is 0.246. The molecule has 6 N–H and O–H groups in total. The van der Waals surface area contributed by atoms with E-state index in [1.165, 1.54) is 0 Å². The zero-order valence-corrected chi connectivity index (χ0v) is 20.2. The minimum Gasteiger partial charge on any atom is -0.388 e. The van der Waals surface area contributed by atoms with E-state index < -0.39 is 42.8 Å². The van der Waals surface area contributed by atoms with Gasteiger partial charge in [-0.1, -0.05) is 33.1 Å². The number of aliphatic hydroxyl groups is 3. The first-order valence-electron chi connectivity index (χ1n) is 12.3. The molecule has 8 atom stereocenters. The van der Waals surface area contributed by atoms with Crippen molar-refractivity contribution in [2.45, 2.75) is 109 Å². The van der Waals surface area contributed by atoms with Gasteiger partial charge in [0.25, 0.3) is 0 Å². The third kappa shape index (κ3) is 7.60. The Balaban J connectivity index is 1.59. The molecule has 0 aromatic heterocycles. The molecule has 2 aliphatic rings. The van der Waals surface area contributed by atoms with Crippen molar-refractivity contribution in [2.24, 2.45) is 11.7 Å². The molecule has 2 heterocycles. The minimum atomic E-state index is -1.29. The monoisotopic (exact) mass is 473 g/mol. The highest BCUT2D eigenvalue weighted by Gasteiger charge is 2.42. The predicted molar refractivity (Wildman–Crippen MR) is 122 cm³/mol. The molecule has 2 amide bonds. The second-order valence-electron chi connectivity index (χ2n) is 9.36. The van der Waals surface area contributed by atoms with Gasteiger partial charge in [0.15, 0.2) is 6.29 Å². The maximum atomic E-state index is 12.7. The summed E-state index contributed by atoms with van der Waals surface area (Å²) in [5, 5.41) is 32.4. The van der Waals surface area contributed by atoms with E-state index in [1.807, 2.05) is 13.8 Å². The normalized spacial score (nSPS) is 31.9. The number of rotatable bonds is 12. The van der Waals surface area contributed by atoms with Gasteiger partial charge in [-0.05, 0) is 38.5 Å². The average molecular weight is 474 g/mol. The van der Waals surface area contributed by atoms with E-state index >= 15 is 0 Å². The summed E-state index contributed by atoms with van der Waals surface area (Å²) in [7, 11) is 0. The maximum absolute atomic E-state index is 12.7. The van der Waals surface area contributed by atoms with Crippen LogP contribution in [0.15, 0.2) is 0 Å². The van der Waals surface area contributed by atoms with Gasteiger partial charge in [0.05, 0.1) is 12.1 Å². The lowest BCUT2D eigenvalue weighted by Gasteiger charge is -2.38. The Hall–Kier alpha value is -1.30. The number of carbonyl (C=O) groups excluding carboxylic acids is 2. The largest absolute Gasteiger partial charge is 0.388 e. The summed E-state index contributed by atoms with van der Waals surface area (Å²) in [5.41, 5.74) is 6.09. The fraction of sp³-hybridized carbons (Fsp3) is 0.913. The number of unbranched alkanes of at least 4 members (excludes halogenated alkanes) is 3. The summed E-state index contributed by atoms with van der Waals surface area (Å²) in [6, 6.07) is -0.999. The number of amides is 2. The average Bonchev–Trinajstić information content (AvgIpc) is 3.30. The Morgan fingerprint density at radius 3 is 2.55 bits per heavy atom. The predicted octanol–water partition coefficient (Wildman–Crippen LogP) is -0.128. The molecule has 0 aliphatic carbocycles. The third-order valence-corrected chi connectivity index (χ3v) is 6.84. The SMILES string of the molecule is CC[C@H](C)[C@H](N)C(=O)N1CCC[C@H]1C(=O)NCCCCCCO[C@H]1O[C@@H](C)[C@@H](O)[C@@H](O)[C@@H]1O. The van der Waals surface area contributed by atoms with Crippen LogP contribution >= 0.6 is 0 Å². The van der Waals surface area contributed by atoms with Crippen LogP contribution in [0.25, 0.3) is 0 Å². The van der Waals surface area contributed by atoms with Crippen LogP contribution in [0.2, 0.25) is 0 Å².